The molecule has 1 aromatic rings. The van der Waals surface area contributed by atoms with Crippen molar-refractivity contribution >= 4 is 11.6 Å². The van der Waals surface area contributed by atoms with Crippen LogP contribution in [0.3, 0.4) is 0 Å². The van der Waals surface area contributed by atoms with Gasteiger partial charge in [0.1, 0.15) is 0 Å². The van der Waals surface area contributed by atoms with Crippen LogP contribution in [0.25, 0.3) is 0 Å². The van der Waals surface area contributed by atoms with Gasteiger partial charge in [-0.2, -0.15) is 0 Å². The highest BCUT2D eigenvalue weighted by atomic mass is 16.1. The van der Waals surface area contributed by atoms with E-state index in [-0.39, 0.29) is 11.9 Å². The second-order valence-electron chi connectivity index (χ2n) is 3.83. The SMILES string of the molecule is C=CC(C)NC(=O)CCc1ccc(N)cc1. The molecule has 0 aliphatic rings. The van der Waals surface area contributed by atoms with Gasteiger partial charge in [0, 0.05) is 18.2 Å². The maximum Gasteiger partial charge on any atom is 0.220 e. The van der Waals surface area contributed by atoms with Gasteiger partial charge in [0.15, 0.2) is 0 Å². The van der Waals surface area contributed by atoms with E-state index in [0.29, 0.717) is 6.42 Å². The Morgan fingerprint density at radius 3 is 2.69 bits per heavy atom. The summed E-state index contributed by atoms with van der Waals surface area (Å²) in [5.74, 6) is 0.0456. The van der Waals surface area contributed by atoms with Crippen LogP contribution in [0.1, 0.15) is 18.9 Å². The van der Waals surface area contributed by atoms with Gasteiger partial charge < -0.3 is 11.1 Å². The first-order valence-corrected chi connectivity index (χ1v) is 5.38. The Bertz CT molecular complexity index is 357. The molecule has 1 aromatic carbocycles. The molecule has 1 unspecified atom stereocenters. The van der Waals surface area contributed by atoms with Crippen LogP contribution in [0.5, 0.6) is 0 Å². The molecule has 0 aliphatic carbocycles. The highest BCUT2D eigenvalue weighted by Crippen LogP contribution is 2.07. The molecule has 0 spiro atoms. The molecule has 0 aliphatic heterocycles. The molecule has 0 saturated carbocycles. The van der Waals surface area contributed by atoms with Gasteiger partial charge in [0.2, 0.25) is 5.91 Å². The lowest BCUT2D eigenvalue weighted by Crippen LogP contribution is -2.30. The number of benzene rings is 1. The largest absolute Gasteiger partial charge is 0.399 e. The summed E-state index contributed by atoms with van der Waals surface area (Å²) in [5, 5.41) is 2.83. The Kier molecular flexibility index (Phi) is 4.58. The van der Waals surface area contributed by atoms with Crippen LogP contribution in [0.2, 0.25) is 0 Å². The number of carbonyl (C=O) groups excluding carboxylic acids is 1. The van der Waals surface area contributed by atoms with E-state index in [1.807, 2.05) is 31.2 Å². The van der Waals surface area contributed by atoms with Crippen LogP contribution < -0.4 is 11.1 Å². The van der Waals surface area contributed by atoms with Crippen molar-refractivity contribution in [2.75, 3.05) is 5.73 Å². The topological polar surface area (TPSA) is 55.1 Å². The van der Waals surface area contributed by atoms with Gasteiger partial charge in [-0.25, -0.2) is 0 Å². The second-order valence-corrected chi connectivity index (χ2v) is 3.83. The van der Waals surface area contributed by atoms with Crippen LogP contribution >= 0.6 is 0 Å². The number of anilines is 1. The van der Waals surface area contributed by atoms with E-state index in [2.05, 4.69) is 11.9 Å². The first-order valence-electron chi connectivity index (χ1n) is 5.38. The molecule has 3 N–H and O–H groups in total. The Morgan fingerprint density at radius 1 is 1.50 bits per heavy atom. The molecule has 3 nitrogen and oxygen atoms in total. The molecular weight excluding hydrogens is 200 g/mol. The number of hydrogen-bond donors (Lipinski definition) is 2. The minimum atomic E-state index is 0.0268. The Hall–Kier alpha value is -1.77. The number of rotatable bonds is 5. The van der Waals surface area contributed by atoms with Gasteiger partial charge in [-0.3, -0.25) is 4.79 Å². The molecule has 0 aromatic heterocycles. The van der Waals surface area contributed by atoms with E-state index >= 15 is 0 Å². The number of amides is 1. The van der Waals surface area contributed by atoms with E-state index in [0.717, 1.165) is 17.7 Å². The number of carbonyl (C=O) groups is 1. The van der Waals surface area contributed by atoms with Crippen molar-refractivity contribution in [1.29, 1.82) is 0 Å². The smallest absolute Gasteiger partial charge is 0.220 e. The third-order valence-electron chi connectivity index (χ3n) is 2.36. The minimum Gasteiger partial charge on any atom is -0.399 e. The third-order valence-corrected chi connectivity index (χ3v) is 2.36. The fourth-order valence-corrected chi connectivity index (χ4v) is 1.33. The summed E-state index contributed by atoms with van der Waals surface area (Å²) < 4.78 is 0. The van der Waals surface area contributed by atoms with E-state index in [4.69, 9.17) is 5.73 Å². The number of nitrogens with one attached hydrogen (secondary N) is 1. The summed E-state index contributed by atoms with van der Waals surface area (Å²) in [5.41, 5.74) is 7.44. The van der Waals surface area contributed by atoms with Gasteiger partial charge >= 0.3 is 0 Å². The number of aryl methyl sites for hydroxylation is 1. The lowest BCUT2D eigenvalue weighted by molar-refractivity contribution is -0.121. The summed E-state index contributed by atoms with van der Waals surface area (Å²) in [6.07, 6.45) is 2.93. The fourth-order valence-electron chi connectivity index (χ4n) is 1.33. The molecule has 16 heavy (non-hydrogen) atoms. The molecule has 0 heterocycles. The maximum atomic E-state index is 11.5. The molecule has 3 heteroatoms. The van der Waals surface area contributed by atoms with Gasteiger partial charge in [0.05, 0.1) is 0 Å². The van der Waals surface area contributed by atoms with Crippen LogP contribution in [0.15, 0.2) is 36.9 Å². The van der Waals surface area contributed by atoms with Crippen LogP contribution in [-0.2, 0) is 11.2 Å². The van der Waals surface area contributed by atoms with Crippen LogP contribution in [0, 0.1) is 0 Å². The van der Waals surface area contributed by atoms with Crippen molar-refractivity contribution in [1.82, 2.24) is 5.32 Å². The van der Waals surface area contributed by atoms with E-state index in [1.165, 1.54) is 0 Å². The minimum absolute atomic E-state index is 0.0268. The maximum absolute atomic E-state index is 11.5. The summed E-state index contributed by atoms with van der Waals surface area (Å²) in [6, 6.07) is 7.61. The third kappa shape index (κ3) is 4.17. The molecule has 1 atom stereocenters. The summed E-state index contributed by atoms with van der Waals surface area (Å²) in [6.45, 7) is 5.51. The second kappa shape index (κ2) is 5.95. The summed E-state index contributed by atoms with van der Waals surface area (Å²) in [7, 11) is 0. The zero-order valence-electron chi connectivity index (χ0n) is 9.57. The molecule has 0 radical (unpaired) electrons. The average Bonchev–Trinajstić information content (AvgIpc) is 2.28. The van der Waals surface area contributed by atoms with Crippen molar-refractivity contribution in [3.05, 3.63) is 42.5 Å². The number of hydrogen-bond acceptors (Lipinski definition) is 2. The molecule has 0 fully saturated rings. The van der Waals surface area contributed by atoms with Crippen molar-refractivity contribution < 1.29 is 4.79 Å². The monoisotopic (exact) mass is 218 g/mol. The fraction of sp³-hybridized carbons (Fsp3) is 0.308. The highest BCUT2D eigenvalue weighted by Gasteiger charge is 2.04. The number of nitrogens with two attached hydrogens (primary N) is 1. The molecule has 0 bridgehead atoms. The quantitative estimate of drug-likeness (QED) is 0.585. The van der Waals surface area contributed by atoms with Crippen molar-refractivity contribution in [2.45, 2.75) is 25.8 Å². The highest BCUT2D eigenvalue weighted by molar-refractivity contribution is 5.76. The van der Waals surface area contributed by atoms with E-state index in [1.54, 1.807) is 6.08 Å². The van der Waals surface area contributed by atoms with Gasteiger partial charge in [-0.15, -0.1) is 6.58 Å². The standard InChI is InChI=1S/C13H18N2O/c1-3-10(2)15-13(16)9-6-11-4-7-12(14)8-5-11/h3-5,7-8,10H,1,6,9,14H2,2H3,(H,15,16). The molecule has 1 rings (SSSR count). The van der Waals surface area contributed by atoms with Gasteiger partial charge in [-0.1, -0.05) is 18.2 Å². The van der Waals surface area contributed by atoms with E-state index < -0.39 is 0 Å². The Morgan fingerprint density at radius 2 is 2.12 bits per heavy atom. The zero-order chi connectivity index (χ0) is 12.0. The first-order chi connectivity index (χ1) is 7.61. The summed E-state index contributed by atoms with van der Waals surface area (Å²) in [4.78, 5) is 11.5. The summed E-state index contributed by atoms with van der Waals surface area (Å²) >= 11 is 0. The molecule has 1 amide bonds. The lowest BCUT2D eigenvalue weighted by Gasteiger charge is -2.08. The first kappa shape index (κ1) is 12.3. The average molecular weight is 218 g/mol. The normalized spacial score (nSPS) is 11.8. The van der Waals surface area contributed by atoms with Crippen molar-refractivity contribution in [3.8, 4) is 0 Å². The van der Waals surface area contributed by atoms with Crippen LogP contribution in [-0.4, -0.2) is 11.9 Å². The van der Waals surface area contributed by atoms with Crippen molar-refractivity contribution in [2.24, 2.45) is 0 Å². The predicted molar refractivity (Wildman–Crippen MR) is 67.0 cm³/mol. The van der Waals surface area contributed by atoms with Gasteiger partial charge in [0.25, 0.3) is 0 Å². The van der Waals surface area contributed by atoms with Crippen LogP contribution in [0.4, 0.5) is 5.69 Å². The molecule has 0 saturated heterocycles. The lowest BCUT2D eigenvalue weighted by atomic mass is 10.1. The number of nitrogen functional groups attached to an aromatic ring is 1. The van der Waals surface area contributed by atoms with Gasteiger partial charge in [-0.05, 0) is 31.0 Å². The molecule has 86 valence electrons. The van der Waals surface area contributed by atoms with E-state index in [9.17, 15) is 4.79 Å². The molecular formula is C13H18N2O. The van der Waals surface area contributed by atoms with Crippen molar-refractivity contribution in [3.63, 3.8) is 0 Å². The Labute approximate surface area is 96.3 Å². The Balaban J connectivity index is 2.37. The zero-order valence-corrected chi connectivity index (χ0v) is 9.57. The predicted octanol–water partition coefficient (Wildman–Crippen LogP) is 1.89.